The van der Waals surface area contributed by atoms with E-state index in [1.807, 2.05) is 37.3 Å². The van der Waals surface area contributed by atoms with Gasteiger partial charge in [0.2, 0.25) is 5.95 Å². The van der Waals surface area contributed by atoms with Crippen molar-refractivity contribution in [2.45, 2.75) is 26.1 Å². The van der Waals surface area contributed by atoms with Crippen LogP contribution in [0.25, 0.3) is 0 Å². The van der Waals surface area contributed by atoms with E-state index < -0.39 is 11.7 Å². The predicted octanol–water partition coefficient (Wildman–Crippen LogP) is 5.72. The second-order valence-electron chi connectivity index (χ2n) is 6.16. The minimum Gasteiger partial charge on any atom is -0.363 e. The number of hydrogen-bond donors (Lipinski definition) is 2. The van der Waals surface area contributed by atoms with Crippen molar-refractivity contribution in [2.24, 2.45) is 0 Å². The van der Waals surface area contributed by atoms with E-state index in [1.54, 1.807) is 13.0 Å². The summed E-state index contributed by atoms with van der Waals surface area (Å²) in [4.78, 5) is 8.52. The van der Waals surface area contributed by atoms with E-state index in [-0.39, 0.29) is 17.7 Å². The third kappa shape index (κ3) is 4.75. The van der Waals surface area contributed by atoms with Crippen LogP contribution in [0, 0.1) is 6.92 Å². The molecule has 140 valence electrons. The van der Waals surface area contributed by atoms with Gasteiger partial charge in [-0.1, -0.05) is 42.5 Å². The zero-order valence-corrected chi connectivity index (χ0v) is 14.9. The van der Waals surface area contributed by atoms with Crippen LogP contribution in [0.1, 0.15) is 29.8 Å². The summed E-state index contributed by atoms with van der Waals surface area (Å²) in [5, 5.41) is 5.95. The first-order chi connectivity index (χ1) is 12.8. The van der Waals surface area contributed by atoms with Crippen LogP contribution >= 0.6 is 0 Å². The third-order valence-corrected chi connectivity index (χ3v) is 4.00. The quantitative estimate of drug-likeness (QED) is 0.601. The van der Waals surface area contributed by atoms with Crippen molar-refractivity contribution >= 4 is 17.5 Å². The maximum atomic E-state index is 13.2. The normalized spacial score (nSPS) is 12.5. The number of rotatable bonds is 5. The number of nitrogens with one attached hydrogen (secondary N) is 2. The van der Waals surface area contributed by atoms with Crippen molar-refractivity contribution in [2.75, 3.05) is 10.6 Å². The number of halogens is 3. The van der Waals surface area contributed by atoms with Crippen LogP contribution in [-0.4, -0.2) is 9.97 Å². The Morgan fingerprint density at radius 3 is 2.30 bits per heavy atom. The summed E-state index contributed by atoms with van der Waals surface area (Å²) in [5.41, 5.74) is 0.866. The van der Waals surface area contributed by atoms with Crippen molar-refractivity contribution < 1.29 is 13.2 Å². The van der Waals surface area contributed by atoms with Crippen LogP contribution in [0.5, 0.6) is 0 Å². The van der Waals surface area contributed by atoms with E-state index in [4.69, 9.17) is 0 Å². The molecule has 0 amide bonds. The van der Waals surface area contributed by atoms with Gasteiger partial charge in [0.15, 0.2) is 0 Å². The van der Waals surface area contributed by atoms with Gasteiger partial charge in [-0.15, -0.1) is 0 Å². The lowest BCUT2D eigenvalue weighted by atomic mass is 10.1. The zero-order valence-electron chi connectivity index (χ0n) is 14.9. The molecule has 2 N–H and O–H groups in total. The molecule has 1 aromatic heterocycles. The Morgan fingerprint density at radius 1 is 0.926 bits per heavy atom. The summed E-state index contributed by atoms with van der Waals surface area (Å²) in [6.45, 7) is 3.75. The summed E-state index contributed by atoms with van der Waals surface area (Å²) in [6, 6.07) is 16.8. The molecule has 0 aliphatic heterocycles. The van der Waals surface area contributed by atoms with Crippen LogP contribution in [0.2, 0.25) is 0 Å². The fraction of sp³-hybridized carbons (Fsp3) is 0.200. The molecule has 0 saturated carbocycles. The van der Waals surface area contributed by atoms with E-state index in [1.165, 1.54) is 18.2 Å². The number of aryl methyl sites for hydroxylation is 1. The molecule has 7 heteroatoms. The Bertz CT molecular complexity index is 911. The Kier molecular flexibility index (Phi) is 5.30. The summed E-state index contributed by atoms with van der Waals surface area (Å²) in [6.07, 6.45) is -4.46. The summed E-state index contributed by atoms with van der Waals surface area (Å²) >= 11 is 0. The topological polar surface area (TPSA) is 49.8 Å². The molecule has 0 fully saturated rings. The van der Waals surface area contributed by atoms with Crippen LogP contribution < -0.4 is 10.6 Å². The highest BCUT2D eigenvalue weighted by Gasteiger charge is 2.33. The number of alkyl halides is 3. The predicted molar refractivity (Wildman–Crippen MR) is 100.0 cm³/mol. The molecule has 2 aromatic carbocycles. The molecule has 0 aliphatic carbocycles. The average Bonchev–Trinajstić information content (AvgIpc) is 2.61. The van der Waals surface area contributed by atoms with Crippen LogP contribution in [0.4, 0.5) is 30.6 Å². The monoisotopic (exact) mass is 372 g/mol. The molecule has 0 saturated heterocycles. The van der Waals surface area contributed by atoms with Gasteiger partial charge in [-0.25, -0.2) is 4.98 Å². The van der Waals surface area contributed by atoms with Gasteiger partial charge < -0.3 is 10.6 Å². The molecule has 1 heterocycles. The summed E-state index contributed by atoms with van der Waals surface area (Å²) in [7, 11) is 0. The highest BCUT2D eigenvalue weighted by molar-refractivity contribution is 5.60. The molecule has 1 unspecified atom stereocenters. The first-order valence-electron chi connectivity index (χ1n) is 8.43. The number of anilines is 3. The standard InChI is InChI=1S/C20H19F3N4/c1-13-12-18(25-14(2)15-8-4-3-5-9-15)27-19(24-13)26-17-11-7-6-10-16(17)20(21,22)23/h3-12,14H,1-2H3,(H2,24,25,26,27). The molecule has 27 heavy (non-hydrogen) atoms. The van der Waals surface area contributed by atoms with E-state index in [2.05, 4.69) is 20.6 Å². The van der Waals surface area contributed by atoms with Gasteiger partial charge in [0.1, 0.15) is 5.82 Å². The summed E-state index contributed by atoms with van der Waals surface area (Å²) < 4.78 is 39.5. The lowest BCUT2D eigenvalue weighted by Gasteiger charge is -2.17. The second kappa shape index (κ2) is 7.65. The lowest BCUT2D eigenvalue weighted by molar-refractivity contribution is -0.136. The van der Waals surface area contributed by atoms with Gasteiger partial charge in [0.25, 0.3) is 0 Å². The van der Waals surface area contributed by atoms with E-state index in [0.29, 0.717) is 11.5 Å². The van der Waals surface area contributed by atoms with Gasteiger partial charge in [-0.3, -0.25) is 0 Å². The largest absolute Gasteiger partial charge is 0.418 e. The van der Waals surface area contributed by atoms with E-state index in [0.717, 1.165) is 11.6 Å². The Labute approximate surface area is 155 Å². The Balaban J connectivity index is 1.85. The van der Waals surface area contributed by atoms with E-state index >= 15 is 0 Å². The molecular formula is C20H19F3N4. The van der Waals surface area contributed by atoms with Gasteiger partial charge in [0, 0.05) is 17.8 Å². The molecule has 0 aliphatic rings. The maximum Gasteiger partial charge on any atom is 0.418 e. The molecule has 4 nitrogen and oxygen atoms in total. The number of hydrogen-bond acceptors (Lipinski definition) is 4. The molecule has 0 spiro atoms. The second-order valence-corrected chi connectivity index (χ2v) is 6.16. The van der Waals surface area contributed by atoms with Crippen molar-refractivity contribution in [3.8, 4) is 0 Å². The SMILES string of the molecule is Cc1cc(NC(C)c2ccccc2)nc(Nc2ccccc2C(F)(F)F)n1. The maximum absolute atomic E-state index is 13.2. The minimum absolute atomic E-state index is 0.0178. The number of benzene rings is 2. The molecular weight excluding hydrogens is 353 g/mol. The molecule has 3 aromatic rings. The lowest BCUT2D eigenvalue weighted by Crippen LogP contribution is -2.12. The first kappa shape index (κ1) is 18.7. The van der Waals surface area contributed by atoms with E-state index in [9.17, 15) is 13.2 Å². The van der Waals surface area contributed by atoms with Crippen molar-refractivity contribution in [3.05, 3.63) is 77.5 Å². The van der Waals surface area contributed by atoms with Crippen LogP contribution in [-0.2, 0) is 6.18 Å². The van der Waals surface area contributed by atoms with Crippen LogP contribution in [0.15, 0.2) is 60.7 Å². The third-order valence-electron chi connectivity index (χ3n) is 4.00. The summed E-state index contributed by atoms with van der Waals surface area (Å²) in [5.74, 6) is 0.639. The zero-order chi connectivity index (χ0) is 19.4. The van der Waals surface area contributed by atoms with Crippen LogP contribution in [0.3, 0.4) is 0 Å². The highest BCUT2D eigenvalue weighted by Crippen LogP contribution is 2.35. The van der Waals surface area contributed by atoms with Gasteiger partial charge >= 0.3 is 6.18 Å². The smallest absolute Gasteiger partial charge is 0.363 e. The molecule has 0 radical (unpaired) electrons. The average molecular weight is 372 g/mol. The minimum atomic E-state index is -4.46. The van der Waals surface area contributed by atoms with Gasteiger partial charge in [0.05, 0.1) is 11.3 Å². The van der Waals surface area contributed by atoms with Crippen molar-refractivity contribution in [1.82, 2.24) is 9.97 Å². The fourth-order valence-electron chi connectivity index (χ4n) is 2.71. The van der Waals surface area contributed by atoms with Crippen molar-refractivity contribution in [1.29, 1.82) is 0 Å². The molecule has 0 bridgehead atoms. The Morgan fingerprint density at radius 2 is 1.59 bits per heavy atom. The highest BCUT2D eigenvalue weighted by atomic mass is 19.4. The number of para-hydroxylation sites is 1. The number of aromatic nitrogens is 2. The Hall–Kier alpha value is -3.09. The van der Waals surface area contributed by atoms with Gasteiger partial charge in [-0.05, 0) is 31.5 Å². The van der Waals surface area contributed by atoms with Gasteiger partial charge in [-0.2, -0.15) is 18.2 Å². The number of nitrogens with zero attached hydrogens (tertiary/aromatic N) is 2. The van der Waals surface area contributed by atoms with Crippen molar-refractivity contribution in [3.63, 3.8) is 0 Å². The molecule has 1 atom stereocenters. The molecule has 3 rings (SSSR count). The fourth-order valence-corrected chi connectivity index (χ4v) is 2.71. The first-order valence-corrected chi connectivity index (χ1v) is 8.43.